The van der Waals surface area contributed by atoms with Crippen LogP contribution in [0.1, 0.15) is 12.1 Å². The average molecular weight is 327 g/mol. The third kappa shape index (κ3) is 3.90. The minimum atomic E-state index is -0.0246. The molecule has 0 unspecified atom stereocenters. The summed E-state index contributed by atoms with van der Waals surface area (Å²) >= 11 is 0. The molecule has 3 aromatic rings. The molecule has 3 N–H and O–H groups in total. The van der Waals surface area contributed by atoms with Gasteiger partial charge in [-0.1, -0.05) is 18.2 Å². The second kappa shape index (κ2) is 7.90. The SMILES string of the molecule is O=C(CCc1cc2c(cn1)[nH]c1ccccc12)NCCOCCO. The number of aryl methyl sites for hydroxylation is 1. The third-order valence-corrected chi connectivity index (χ3v) is 3.86. The van der Waals surface area contributed by atoms with E-state index in [1.807, 2.05) is 30.5 Å². The number of hydrogen-bond acceptors (Lipinski definition) is 4. The fourth-order valence-corrected chi connectivity index (χ4v) is 2.69. The first kappa shape index (κ1) is 16.4. The van der Waals surface area contributed by atoms with Gasteiger partial charge in [0.05, 0.1) is 31.5 Å². The summed E-state index contributed by atoms with van der Waals surface area (Å²) in [6.07, 6.45) is 2.81. The van der Waals surface area contributed by atoms with Gasteiger partial charge in [0.15, 0.2) is 0 Å². The number of aliphatic hydroxyl groups is 1. The fraction of sp³-hybridized carbons (Fsp3) is 0.333. The van der Waals surface area contributed by atoms with Crippen LogP contribution >= 0.6 is 0 Å². The number of carbonyl (C=O) groups is 1. The number of para-hydroxylation sites is 1. The summed E-state index contributed by atoms with van der Waals surface area (Å²) < 4.78 is 5.10. The van der Waals surface area contributed by atoms with Crippen molar-refractivity contribution in [3.63, 3.8) is 0 Å². The number of ether oxygens (including phenoxy) is 1. The first-order chi connectivity index (χ1) is 11.8. The lowest BCUT2D eigenvalue weighted by molar-refractivity contribution is -0.121. The molecule has 0 radical (unpaired) electrons. The van der Waals surface area contributed by atoms with Crippen molar-refractivity contribution in [2.75, 3.05) is 26.4 Å². The van der Waals surface area contributed by atoms with Crippen molar-refractivity contribution in [1.82, 2.24) is 15.3 Å². The van der Waals surface area contributed by atoms with E-state index >= 15 is 0 Å². The number of nitrogens with one attached hydrogen (secondary N) is 2. The Morgan fingerprint density at radius 2 is 2.08 bits per heavy atom. The smallest absolute Gasteiger partial charge is 0.220 e. The maximum Gasteiger partial charge on any atom is 0.220 e. The topological polar surface area (TPSA) is 87.2 Å². The van der Waals surface area contributed by atoms with Gasteiger partial charge in [-0.15, -0.1) is 0 Å². The maximum absolute atomic E-state index is 11.8. The molecular formula is C18H21N3O3. The van der Waals surface area contributed by atoms with Crippen LogP contribution in [0.5, 0.6) is 0 Å². The molecule has 126 valence electrons. The molecule has 0 aliphatic carbocycles. The van der Waals surface area contributed by atoms with Gasteiger partial charge < -0.3 is 20.1 Å². The molecule has 0 fully saturated rings. The lowest BCUT2D eigenvalue weighted by Gasteiger charge is -2.05. The molecule has 0 aliphatic heterocycles. The number of benzene rings is 1. The highest BCUT2D eigenvalue weighted by Crippen LogP contribution is 2.25. The van der Waals surface area contributed by atoms with E-state index in [1.165, 1.54) is 5.39 Å². The number of aromatic amines is 1. The highest BCUT2D eigenvalue weighted by Gasteiger charge is 2.07. The van der Waals surface area contributed by atoms with E-state index < -0.39 is 0 Å². The molecule has 2 aromatic heterocycles. The number of aromatic nitrogens is 2. The Kier molecular flexibility index (Phi) is 5.40. The summed E-state index contributed by atoms with van der Waals surface area (Å²) in [5.41, 5.74) is 3.00. The predicted molar refractivity (Wildman–Crippen MR) is 92.8 cm³/mol. The van der Waals surface area contributed by atoms with Gasteiger partial charge in [0.2, 0.25) is 5.91 Å². The Morgan fingerprint density at radius 3 is 2.96 bits per heavy atom. The van der Waals surface area contributed by atoms with Gasteiger partial charge in [-0.05, 0) is 18.6 Å². The quantitative estimate of drug-likeness (QED) is 0.550. The molecule has 0 saturated carbocycles. The average Bonchev–Trinajstić information content (AvgIpc) is 2.98. The van der Waals surface area contributed by atoms with Gasteiger partial charge in [0.1, 0.15) is 0 Å². The van der Waals surface area contributed by atoms with Crippen LogP contribution in [-0.4, -0.2) is 47.3 Å². The highest BCUT2D eigenvalue weighted by molar-refractivity contribution is 6.06. The Morgan fingerprint density at radius 1 is 1.21 bits per heavy atom. The fourth-order valence-electron chi connectivity index (χ4n) is 2.69. The third-order valence-electron chi connectivity index (χ3n) is 3.86. The first-order valence-corrected chi connectivity index (χ1v) is 8.08. The van der Waals surface area contributed by atoms with Crippen LogP contribution in [0.4, 0.5) is 0 Å². The van der Waals surface area contributed by atoms with Crippen LogP contribution < -0.4 is 5.32 Å². The minimum absolute atomic E-state index is 0.00404. The van der Waals surface area contributed by atoms with E-state index in [1.54, 1.807) is 0 Å². The second-order valence-corrected chi connectivity index (χ2v) is 5.58. The summed E-state index contributed by atoms with van der Waals surface area (Å²) in [7, 11) is 0. The molecule has 0 bridgehead atoms. The molecule has 0 saturated heterocycles. The van der Waals surface area contributed by atoms with E-state index in [0.29, 0.717) is 32.6 Å². The second-order valence-electron chi connectivity index (χ2n) is 5.58. The van der Waals surface area contributed by atoms with Gasteiger partial charge in [0, 0.05) is 34.9 Å². The van der Waals surface area contributed by atoms with Gasteiger partial charge in [-0.3, -0.25) is 9.78 Å². The number of nitrogens with zero attached hydrogens (tertiary/aromatic N) is 1. The minimum Gasteiger partial charge on any atom is -0.394 e. The number of amides is 1. The number of aliphatic hydroxyl groups excluding tert-OH is 1. The van der Waals surface area contributed by atoms with Gasteiger partial charge in [-0.2, -0.15) is 0 Å². The lowest BCUT2D eigenvalue weighted by Crippen LogP contribution is -2.27. The lowest BCUT2D eigenvalue weighted by atomic mass is 10.1. The zero-order valence-corrected chi connectivity index (χ0v) is 13.4. The molecule has 0 spiro atoms. The van der Waals surface area contributed by atoms with Crippen molar-refractivity contribution in [3.8, 4) is 0 Å². The van der Waals surface area contributed by atoms with Crippen LogP contribution in [0.2, 0.25) is 0 Å². The Hall–Kier alpha value is -2.44. The molecule has 0 atom stereocenters. The van der Waals surface area contributed by atoms with E-state index in [9.17, 15) is 4.79 Å². The van der Waals surface area contributed by atoms with Crippen LogP contribution in [0, 0.1) is 0 Å². The monoisotopic (exact) mass is 327 g/mol. The van der Waals surface area contributed by atoms with E-state index in [4.69, 9.17) is 9.84 Å². The Labute approximate surface area is 139 Å². The maximum atomic E-state index is 11.8. The summed E-state index contributed by atoms with van der Waals surface area (Å²) in [4.78, 5) is 19.6. The van der Waals surface area contributed by atoms with Gasteiger partial charge >= 0.3 is 0 Å². The number of fused-ring (bicyclic) bond motifs is 3. The molecule has 6 nitrogen and oxygen atoms in total. The largest absolute Gasteiger partial charge is 0.394 e. The van der Waals surface area contributed by atoms with Crippen molar-refractivity contribution in [2.45, 2.75) is 12.8 Å². The molecule has 2 heterocycles. The zero-order chi connectivity index (χ0) is 16.8. The number of carbonyl (C=O) groups excluding carboxylic acids is 1. The summed E-state index contributed by atoms with van der Waals surface area (Å²) in [5, 5.41) is 13.7. The van der Waals surface area contributed by atoms with Gasteiger partial charge in [0.25, 0.3) is 0 Å². The van der Waals surface area contributed by atoms with Crippen molar-refractivity contribution < 1.29 is 14.6 Å². The number of rotatable bonds is 8. The number of hydrogen-bond donors (Lipinski definition) is 3. The van der Waals surface area contributed by atoms with Crippen molar-refractivity contribution in [1.29, 1.82) is 0 Å². The van der Waals surface area contributed by atoms with E-state index in [2.05, 4.69) is 21.4 Å². The van der Waals surface area contributed by atoms with Crippen molar-refractivity contribution >= 4 is 27.7 Å². The molecule has 6 heteroatoms. The molecule has 1 aromatic carbocycles. The predicted octanol–water partition coefficient (Wildman–Crippen LogP) is 1.77. The van der Waals surface area contributed by atoms with Crippen LogP contribution in [0.15, 0.2) is 36.5 Å². The zero-order valence-electron chi connectivity index (χ0n) is 13.4. The first-order valence-electron chi connectivity index (χ1n) is 8.08. The van der Waals surface area contributed by atoms with E-state index in [0.717, 1.165) is 22.1 Å². The summed E-state index contributed by atoms with van der Waals surface area (Å²) in [6.45, 7) is 1.15. The van der Waals surface area contributed by atoms with Gasteiger partial charge in [-0.25, -0.2) is 0 Å². The van der Waals surface area contributed by atoms with Crippen molar-refractivity contribution in [2.24, 2.45) is 0 Å². The molecule has 24 heavy (non-hydrogen) atoms. The molecule has 0 aliphatic rings. The number of pyridine rings is 1. The molecule has 1 amide bonds. The normalized spacial score (nSPS) is 11.2. The van der Waals surface area contributed by atoms with Crippen LogP contribution in [0.25, 0.3) is 21.8 Å². The molecule has 3 rings (SSSR count). The Bertz CT molecular complexity index is 829. The summed E-state index contributed by atoms with van der Waals surface area (Å²) in [6, 6.07) is 10.2. The Balaban J connectivity index is 1.57. The van der Waals surface area contributed by atoms with Crippen molar-refractivity contribution in [3.05, 3.63) is 42.2 Å². The van der Waals surface area contributed by atoms with E-state index in [-0.39, 0.29) is 12.5 Å². The number of H-pyrrole nitrogens is 1. The highest BCUT2D eigenvalue weighted by atomic mass is 16.5. The van der Waals surface area contributed by atoms with Crippen LogP contribution in [-0.2, 0) is 16.0 Å². The summed E-state index contributed by atoms with van der Waals surface area (Å²) in [5.74, 6) is -0.0246. The van der Waals surface area contributed by atoms with Crippen LogP contribution in [0.3, 0.4) is 0 Å². The molecular weight excluding hydrogens is 306 g/mol. The standard InChI is InChI=1S/C18H21N3O3/c22-8-10-24-9-7-19-18(23)6-5-13-11-15-14-3-1-2-4-16(14)21-17(15)12-20-13/h1-4,11-12,21-22H,5-10H2,(H,19,23).